The highest BCUT2D eigenvalue weighted by Gasteiger charge is 2.22. The predicted molar refractivity (Wildman–Crippen MR) is 88.5 cm³/mol. The fourth-order valence-electron chi connectivity index (χ4n) is 2.83. The number of halogens is 1. The topological polar surface area (TPSA) is 52.2 Å². The quantitative estimate of drug-likeness (QED) is 0.943. The Hall–Kier alpha value is -1.85. The molecule has 3 rings (SSSR count). The molecule has 116 valence electrons. The lowest BCUT2D eigenvalue weighted by molar-refractivity contribution is 0.198. The van der Waals surface area contributed by atoms with Gasteiger partial charge >= 0.3 is 0 Å². The van der Waals surface area contributed by atoms with Gasteiger partial charge in [0.1, 0.15) is 5.82 Å². The monoisotopic (exact) mass is 318 g/mol. The summed E-state index contributed by atoms with van der Waals surface area (Å²) in [5.74, 6) is 0.828. The minimum atomic E-state index is -0.169. The van der Waals surface area contributed by atoms with Gasteiger partial charge in [-0.3, -0.25) is 9.69 Å². The molecule has 0 saturated carbocycles. The second kappa shape index (κ2) is 6.50. The number of anilines is 1. The lowest BCUT2D eigenvalue weighted by atomic mass is 10.1. The van der Waals surface area contributed by atoms with Crippen LogP contribution in [0.15, 0.2) is 41.2 Å². The lowest BCUT2D eigenvalue weighted by Gasteiger charge is -2.38. The highest BCUT2D eigenvalue weighted by Crippen LogP contribution is 2.24. The van der Waals surface area contributed by atoms with Crippen LogP contribution < -0.4 is 10.5 Å². The van der Waals surface area contributed by atoms with Crippen molar-refractivity contribution in [1.29, 1.82) is 0 Å². The first-order valence-electron chi connectivity index (χ1n) is 7.44. The number of nitrogens with zero attached hydrogens (tertiary/aromatic N) is 3. The summed E-state index contributed by atoms with van der Waals surface area (Å²) in [6, 6.07) is 11.7. The largest absolute Gasteiger partial charge is 0.353 e. The molecule has 0 spiro atoms. The van der Waals surface area contributed by atoms with Crippen LogP contribution in [0.2, 0.25) is 5.02 Å². The van der Waals surface area contributed by atoms with Gasteiger partial charge in [0.25, 0.3) is 5.56 Å². The zero-order valence-corrected chi connectivity index (χ0v) is 13.3. The van der Waals surface area contributed by atoms with Crippen LogP contribution in [0.25, 0.3) is 0 Å². The molecule has 5 nitrogen and oxygen atoms in total. The molecule has 0 unspecified atom stereocenters. The lowest BCUT2D eigenvalue weighted by Crippen LogP contribution is -2.47. The van der Waals surface area contributed by atoms with Crippen LogP contribution in [0.4, 0.5) is 5.82 Å². The van der Waals surface area contributed by atoms with E-state index in [1.54, 1.807) is 6.07 Å². The first kappa shape index (κ1) is 15.1. The number of hydrogen-bond donors (Lipinski definition) is 1. The van der Waals surface area contributed by atoms with E-state index < -0.39 is 0 Å². The van der Waals surface area contributed by atoms with Crippen LogP contribution in [0, 0.1) is 0 Å². The fourth-order valence-corrected chi connectivity index (χ4v) is 3.03. The number of piperazine rings is 1. The molecule has 2 heterocycles. The summed E-state index contributed by atoms with van der Waals surface area (Å²) < 4.78 is 0. The molecule has 1 aliphatic rings. The summed E-state index contributed by atoms with van der Waals surface area (Å²) in [6.45, 7) is 5.90. The maximum Gasteiger partial charge on any atom is 0.264 e. The Morgan fingerprint density at radius 3 is 2.59 bits per heavy atom. The van der Waals surface area contributed by atoms with E-state index in [2.05, 4.69) is 33.0 Å². The van der Waals surface area contributed by atoms with E-state index in [4.69, 9.17) is 11.6 Å². The van der Waals surface area contributed by atoms with Crippen LogP contribution in [-0.2, 0) is 0 Å². The van der Waals surface area contributed by atoms with Gasteiger partial charge in [-0.15, -0.1) is 0 Å². The van der Waals surface area contributed by atoms with Crippen molar-refractivity contribution < 1.29 is 0 Å². The molecule has 2 aromatic rings. The molecule has 1 atom stereocenters. The molecule has 1 aliphatic heterocycles. The minimum absolute atomic E-state index is 0.169. The molecule has 1 aromatic heterocycles. The van der Waals surface area contributed by atoms with Gasteiger partial charge in [-0.1, -0.05) is 23.7 Å². The van der Waals surface area contributed by atoms with Gasteiger partial charge in [-0.25, -0.2) is 5.10 Å². The molecule has 0 amide bonds. The SMILES string of the molecule is C[C@@H](c1cccc(Cl)c1)N1CCN(c2ccc(=O)[nH]n2)CC1. The van der Waals surface area contributed by atoms with Crippen LogP contribution >= 0.6 is 11.6 Å². The zero-order chi connectivity index (χ0) is 15.5. The van der Waals surface area contributed by atoms with E-state index >= 15 is 0 Å². The highest BCUT2D eigenvalue weighted by atomic mass is 35.5. The summed E-state index contributed by atoms with van der Waals surface area (Å²) >= 11 is 6.08. The number of H-pyrrole nitrogens is 1. The van der Waals surface area contributed by atoms with E-state index in [1.165, 1.54) is 11.6 Å². The number of aromatic amines is 1. The predicted octanol–water partition coefficient (Wildman–Crippen LogP) is 2.31. The van der Waals surface area contributed by atoms with Crippen molar-refractivity contribution in [3.05, 3.63) is 57.3 Å². The minimum Gasteiger partial charge on any atom is -0.353 e. The van der Waals surface area contributed by atoms with Crippen molar-refractivity contribution in [3.63, 3.8) is 0 Å². The second-order valence-corrected chi connectivity index (χ2v) is 5.97. The Kier molecular flexibility index (Phi) is 4.45. The summed E-state index contributed by atoms with van der Waals surface area (Å²) in [5, 5.41) is 7.36. The van der Waals surface area contributed by atoms with E-state index in [1.807, 2.05) is 18.2 Å². The Balaban J connectivity index is 1.64. The van der Waals surface area contributed by atoms with E-state index in [-0.39, 0.29) is 5.56 Å². The molecule has 1 fully saturated rings. The van der Waals surface area contributed by atoms with Crippen molar-refractivity contribution >= 4 is 17.4 Å². The highest BCUT2D eigenvalue weighted by molar-refractivity contribution is 6.30. The van der Waals surface area contributed by atoms with Crippen LogP contribution in [0.5, 0.6) is 0 Å². The molecular weight excluding hydrogens is 300 g/mol. The van der Waals surface area contributed by atoms with Crippen molar-refractivity contribution in [3.8, 4) is 0 Å². The van der Waals surface area contributed by atoms with Gasteiger partial charge in [0.15, 0.2) is 0 Å². The first-order chi connectivity index (χ1) is 10.6. The molecule has 22 heavy (non-hydrogen) atoms. The Bertz CT molecular complexity index is 674. The normalized spacial score (nSPS) is 17.5. The average molecular weight is 319 g/mol. The fraction of sp³-hybridized carbons (Fsp3) is 0.375. The van der Waals surface area contributed by atoms with Gasteiger partial charge in [-0.05, 0) is 30.7 Å². The van der Waals surface area contributed by atoms with E-state index in [0.29, 0.717) is 6.04 Å². The Morgan fingerprint density at radius 1 is 1.18 bits per heavy atom. The van der Waals surface area contributed by atoms with Gasteiger partial charge in [0, 0.05) is 43.3 Å². The molecule has 0 radical (unpaired) electrons. The molecule has 1 N–H and O–H groups in total. The molecule has 1 aromatic carbocycles. The Morgan fingerprint density at radius 2 is 1.95 bits per heavy atom. The third-order valence-electron chi connectivity index (χ3n) is 4.18. The van der Waals surface area contributed by atoms with Gasteiger partial charge < -0.3 is 4.90 Å². The van der Waals surface area contributed by atoms with Gasteiger partial charge in [0.05, 0.1) is 0 Å². The van der Waals surface area contributed by atoms with Crippen LogP contribution in [-0.4, -0.2) is 41.3 Å². The van der Waals surface area contributed by atoms with Crippen LogP contribution in [0.1, 0.15) is 18.5 Å². The average Bonchev–Trinajstić information content (AvgIpc) is 2.55. The van der Waals surface area contributed by atoms with Crippen molar-refractivity contribution in [2.45, 2.75) is 13.0 Å². The summed E-state index contributed by atoms with van der Waals surface area (Å²) in [4.78, 5) is 15.7. The molecular formula is C16H19ClN4O. The summed E-state index contributed by atoms with van der Waals surface area (Å²) in [5.41, 5.74) is 1.07. The summed E-state index contributed by atoms with van der Waals surface area (Å²) in [7, 11) is 0. The third-order valence-corrected chi connectivity index (χ3v) is 4.42. The zero-order valence-electron chi connectivity index (χ0n) is 12.5. The molecule has 0 aliphatic carbocycles. The van der Waals surface area contributed by atoms with Gasteiger partial charge in [0.2, 0.25) is 0 Å². The number of nitrogens with one attached hydrogen (secondary N) is 1. The van der Waals surface area contributed by atoms with E-state index in [0.717, 1.165) is 37.0 Å². The Labute approximate surface area is 134 Å². The molecule has 6 heteroatoms. The number of rotatable bonds is 3. The van der Waals surface area contributed by atoms with Crippen molar-refractivity contribution in [1.82, 2.24) is 15.1 Å². The standard InChI is InChI=1S/C16H19ClN4O/c1-12(13-3-2-4-14(17)11-13)20-7-9-21(10-8-20)15-5-6-16(22)19-18-15/h2-6,11-12H,7-10H2,1H3,(H,19,22)/t12-/m0/s1. The first-order valence-corrected chi connectivity index (χ1v) is 7.81. The molecule has 0 bridgehead atoms. The number of aromatic nitrogens is 2. The van der Waals surface area contributed by atoms with Gasteiger partial charge in [-0.2, -0.15) is 5.10 Å². The second-order valence-electron chi connectivity index (χ2n) is 5.53. The van der Waals surface area contributed by atoms with E-state index in [9.17, 15) is 4.79 Å². The van der Waals surface area contributed by atoms with Crippen molar-refractivity contribution in [2.24, 2.45) is 0 Å². The maximum atomic E-state index is 11.1. The molecule has 1 saturated heterocycles. The smallest absolute Gasteiger partial charge is 0.264 e. The van der Waals surface area contributed by atoms with Crippen LogP contribution in [0.3, 0.4) is 0 Å². The summed E-state index contributed by atoms with van der Waals surface area (Å²) in [6.07, 6.45) is 0. The van der Waals surface area contributed by atoms with Crippen molar-refractivity contribution in [2.75, 3.05) is 31.1 Å². The number of benzene rings is 1. The third kappa shape index (κ3) is 3.31. The number of hydrogen-bond acceptors (Lipinski definition) is 4. The maximum absolute atomic E-state index is 11.1.